The first-order valence-corrected chi connectivity index (χ1v) is 6.48. The van der Waals surface area contributed by atoms with Crippen molar-refractivity contribution in [3.05, 3.63) is 46.6 Å². The fourth-order valence-corrected chi connectivity index (χ4v) is 1.99. The zero-order valence-corrected chi connectivity index (χ0v) is 14.2. The summed E-state index contributed by atoms with van der Waals surface area (Å²) in [5.41, 5.74) is 6.18. The van der Waals surface area contributed by atoms with Gasteiger partial charge in [0.25, 0.3) is 0 Å². The van der Waals surface area contributed by atoms with Crippen LogP contribution in [0.5, 0.6) is 0 Å². The molecule has 0 amide bonds. The molecule has 0 aromatic heterocycles. The second kappa shape index (κ2) is 9.11. The summed E-state index contributed by atoms with van der Waals surface area (Å²) in [7, 11) is 0. The number of alkyl halides is 1. The van der Waals surface area contributed by atoms with Crippen LogP contribution >= 0.6 is 11.6 Å². The standard InChI is InChI=1S/C13H16.C2H5Cl.Zr/c1-10-5-3-7-12(10)9-13-8-4-6-11(13)2;1-2-3;/h3-6H,7-9H2,1-2H3;2H2,1H3;. The Morgan fingerprint density at radius 3 is 1.59 bits per heavy atom. The van der Waals surface area contributed by atoms with Gasteiger partial charge in [-0.15, -0.1) is 11.6 Å². The van der Waals surface area contributed by atoms with Gasteiger partial charge in [0, 0.05) is 32.1 Å². The summed E-state index contributed by atoms with van der Waals surface area (Å²) in [6.45, 7) is 6.33. The Hall–Kier alpha value is 0.133. The molecule has 0 radical (unpaired) electrons. The van der Waals surface area contributed by atoms with Gasteiger partial charge < -0.3 is 0 Å². The summed E-state index contributed by atoms with van der Waals surface area (Å²) < 4.78 is 0. The molecule has 0 fully saturated rings. The summed E-state index contributed by atoms with van der Waals surface area (Å²) in [5, 5.41) is 0. The molecule has 0 N–H and O–H groups in total. The second-order valence-electron chi connectivity index (χ2n) is 4.23. The Morgan fingerprint density at radius 1 is 1.00 bits per heavy atom. The van der Waals surface area contributed by atoms with E-state index in [4.69, 9.17) is 11.6 Å². The molecule has 2 rings (SSSR count). The molecule has 0 saturated heterocycles. The molecule has 0 aromatic carbocycles. The minimum Gasteiger partial charge on any atom is -0.127 e. The van der Waals surface area contributed by atoms with Crippen molar-refractivity contribution < 1.29 is 26.2 Å². The molecule has 2 heteroatoms. The molecule has 0 saturated carbocycles. The number of halogens is 1. The maximum absolute atomic E-state index is 5.00. The summed E-state index contributed by atoms with van der Waals surface area (Å²) in [6, 6.07) is 0. The summed E-state index contributed by atoms with van der Waals surface area (Å²) in [5.74, 6) is 0.722. The number of hydrogen-bond donors (Lipinski definition) is 0. The van der Waals surface area contributed by atoms with Crippen molar-refractivity contribution in [2.24, 2.45) is 0 Å². The molecule has 0 nitrogen and oxygen atoms in total. The first kappa shape index (κ1) is 17.1. The average molecular weight is 328 g/mol. The average Bonchev–Trinajstić information content (AvgIpc) is 2.80. The normalized spacial score (nSPS) is 17.2. The molecule has 2 aliphatic carbocycles. The van der Waals surface area contributed by atoms with Crippen molar-refractivity contribution in [1.82, 2.24) is 0 Å². The Balaban J connectivity index is 0.000000583. The van der Waals surface area contributed by atoms with Crippen LogP contribution in [0.1, 0.15) is 40.0 Å². The summed E-state index contributed by atoms with van der Waals surface area (Å²) >= 11 is 5.00. The third kappa shape index (κ3) is 5.53. The molecule has 0 aromatic rings. The minimum absolute atomic E-state index is 0. The molecule has 92 valence electrons. The molecule has 0 heterocycles. The van der Waals surface area contributed by atoms with Gasteiger partial charge in [-0.1, -0.05) is 53.5 Å². The molecule has 2 aliphatic rings. The van der Waals surface area contributed by atoms with E-state index in [1.54, 1.807) is 11.1 Å². The van der Waals surface area contributed by atoms with Crippen molar-refractivity contribution in [3.8, 4) is 0 Å². The molecule has 0 unspecified atom stereocenters. The summed E-state index contributed by atoms with van der Waals surface area (Å²) in [6.07, 6.45) is 12.6. The Bertz CT molecular complexity index is 325. The first-order valence-electron chi connectivity index (χ1n) is 5.95. The number of hydrogen-bond acceptors (Lipinski definition) is 0. The number of allylic oxidation sites excluding steroid dienone is 8. The fraction of sp³-hybridized carbons (Fsp3) is 0.467. The van der Waals surface area contributed by atoms with Crippen LogP contribution in [0, 0.1) is 0 Å². The molecule has 0 spiro atoms. The quantitative estimate of drug-likeness (QED) is 0.614. The van der Waals surface area contributed by atoms with Crippen LogP contribution in [-0.4, -0.2) is 5.88 Å². The van der Waals surface area contributed by atoms with Gasteiger partial charge >= 0.3 is 0 Å². The van der Waals surface area contributed by atoms with Crippen molar-refractivity contribution in [1.29, 1.82) is 0 Å². The predicted octanol–water partition coefficient (Wildman–Crippen LogP) is 5.17. The van der Waals surface area contributed by atoms with Crippen molar-refractivity contribution in [2.75, 3.05) is 5.88 Å². The van der Waals surface area contributed by atoms with Crippen LogP contribution in [0.4, 0.5) is 0 Å². The van der Waals surface area contributed by atoms with Gasteiger partial charge in [0.2, 0.25) is 0 Å². The second-order valence-corrected chi connectivity index (χ2v) is 4.76. The molecule has 0 atom stereocenters. The van der Waals surface area contributed by atoms with Gasteiger partial charge in [-0.3, -0.25) is 0 Å². The van der Waals surface area contributed by atoms with E-state index in [1.165, 1.54) is 30.4 Å². The Labute approximate surface area is 130 Å². The smallest absolute Gasteiger partial charge is 0.0195 e. The molecule has 0 aliphatic heterocycles. The van der Waals surface area contributed by atoms with Crippen molar-refractivity contribution in [2.45, 2.75) is 40.0 Å². The maximum atomic E-state index is 5.00. The Morgan fingerprint density at radius 2 is 1.35 bits per heavy atom. The summed E-state index contributed by atoms with van der Waals surface area (Å²) in [4.78, 5) is 0. The van der Waals surface area contributed by atoms with Crippen molar-refractivity contribution in [3.63, 3.8) is 0 Å². The van der Waals surface area contributed by atoms with E-state index in [0.29, 0.717) is 0 Å². The van der Waals surface area contributed by atoms with E-state index in [9.17, 15) is 0 Å². The fourth-order valence-electron chi connectivity index (χ4n) is 1.99. The van der Waals surface area contributed by atoms with Crippen LogP contribution < -0.4 is 0 Å². The predicted molar refractivity (Wildman–Crippen MR) is 73.9 cm³/mol. The van der Waals surface area contributed by atoms with E-state index in [1.807, 2.05) is 6.92 Å². The molecule has 0 bridgehead atoms. The molecule has 17 heavy (non-hydrogen) atoms. The number of rotatable bonds is 2. The van der Waals surface area contributed by atoms with E-state index in [0.717, 1.165) is 5.88 Å². The largest absolute Gasteiger partial charge is 0.127 e. The zero-order valence-electron chi connectivity index (χ0n) is 11.0. The third-order valence-electron chi connectivity index (χ3n) is 3.01. The van der Waals surface area contributed by atoms with Gasteiger partial charge in [-0.05, 0) is 33.1 Å². The monoisotopic (exact) mass is 326 g/mol. The van der Waals surface area contributed by atoms with Gasteiger partial charge in [0.1, 0.15) is 0 Å². The van der Waals surface area contributed by atoms with Crippen LogP contribution in [0.2, 0.25) is 0 Å². The van der Waals surface area contributed by atoms with E-state index in [2.05, 4.69) is 38.2 Å². The van der Waals surface area contributed by atoms with Crippen molar-refractivity contribution >= 4 is 11.6 Å². The van der Waals surface area contributed by atoms with Gasteiger partial charge in [0.15, 0.2) is 0 Å². The Kier molecular flexibility index (Phi) is 9.19. The van der Waals surface area contributed by atoms with E-state index in [-0.39, 0.29) is 26.2 Å². The van der Waals surface area contributed by atoms with E-state index >= 15 is 0 Å². The first-order chi connectivity index (χ1) is 7.69. The maximum Gasteiger partial charge on any atom is 0.0195 e. The topological polar surface area (TPSA) is 0 Å². The van der Waals surface area contributed by atoms with E-state index < -0.39 is 0 Å². The molecular weight excluding hydrogens is 307 g/mol. The van der Waals surface area contributed by atoms with Gasteiger partial charge in [-0.25, -0.2) is 0 Å². The third-order valence-corrected chi connectivity index (χ3v) is 3.01. The van der Waals surface area contributed by atoms with Crippen LogP contribution in [0.15, 0.2) is 46.6 Å². The van der Waals surface area contributed by atoms with Crippen LogP contribution in [-0.2, 0) is 26.2 Å². The zero-order chi connectivity index (χ0) is 12.0. The van der Waals surface area contributed by atoms with Crippen LogP contribution in [0.25, 0.3) is 0 Å². The SMILES string of the molecule is CC1=C(CC2=C(C)C=CC2)CC=C1.CCCl.[Zr]. The van der Waals surface area contributed by atoms with Gasteiger partial charge in [-0.2, -0.15) is 0 Å². The van der Waals surface area contributed by atoms with Gasteiger partial charge in [0.05, 0.1) is 0 Å². The minimum atomic E-state index is 0. The van der Waals surface area contributed by atoms with Crippen LogP contribution in [0.3, 0.4) is 0 Å². The molecular formula is C15H21ClZr.